The fraction of sp³-hybridized carbons (Fsp3) is 0.0952. The molecule has 0 saturated carbocycles. The molecule has 4 rings (SSSR count). The van der Waals surface area contributed by atoms with E-state index in [0.29, 0.717) is 28.6 Å². The number of aryl methyl sites for hydroxylation is 1. The number of benzene rings is 2. The van der Waals surface area contributed by atoms with Gasteiger partial charge in [0.05, 0.1) is 11.2 Å². The van der Waals surface area contributed by atoms with Crippen molar-refractivity contribution >= 4 is 32.4 Å². The quantitative estimate of drug-likeness (QED) is 0.495. The van der Waals surface area contributed by atoms with E-state index in [0.717, 1.165) is 0 Å². The van der Waals surface area contributed by atoms with Crippen LogP contribution in [0.15, 0.2) is 78.3 Å². The van der Waals surface area contributed by atoms with E-state index in [1.54, 1.807) is 54.9 Å². The number of imidazole rings is 1. The van der Waals surface area contributed by atoms with Crippen LogP contribution in [0.5, 0.6) is 0 Å². The molecule has 0 spiro atoms. The third-order valence-electron chi connectivity index (χ3n) is 4.51. The number of anilines is 1. The monoisotopic (exact) mass is 406 g/mol. The lowest BCUT2D eigenvalue weighted by Crippen LogP contribution is -2.19. The van der Waals surface area contributed by atoms with E-state index in [1.165, 1.54) is 16.8 Å². The average Bonchev–Trinajstić information content (AvgIpc) is 3.23. The molecule has 0 aliphatic heterocycles. The molecule has 29 heavy (non-hydrogen) atoms. The van der Waals surface area contributed by atoms with Gasteiger partial charge in [0, 0.05) is 41.6 Å². The Bertz CT molecular complexity index is 1300. The maximum Gasteiger partial charge on any atom is 0.295 e. The largest absolute Gasteiger partial charge is 0.321 e. The van der Waals surface area contributed by atoms with Gasteiger partial charge in [-0.15, -0.1) is 0 Å². The van der Waals surface area contributed by atoms with Crippen molar-refractivity contribution in [1.29, 1.82) is 0 Å². The molecular weight excluding hydrogens is 388 g/mol. The number of rotatable bonds is 6. The Morgan fingerprint density at radius 3 is 2.55 bits per heavy atom. The molecule has 0 bridgehead atoms. The summed E-state index contributed by atoms with van der Waals surface area (Å²) in [5, 5.41) is 0.565. The Morgan fingerprint density at radius 2 is 1.79 bits per heavy atom. The van der Waals surface area contributed by atoms with Gasteiger partial charge in [-0.1, -0.05) is 36.4 Å². The van der Waals surface area contributed by atoms with Gasteiger partial charge in [-0.05, 0) is 25.1 Å². The van der Waals surface area contributed by atoms with Crippen LogP contribution in [0.2, 0.25) is 0 Å². The van der Waals surface area contributed by atoms with E-state index in [1.807, 2.05) is 13.0 Å². The van der Waals surface area contributed by atoms with Crippen molar-refractivity contribution in [2.45, 2.75) is 18.6 Å². The standard InChI is InChI=1S/C21H18N4O3S/c1-2-25-12-11-23-21(25)29(27,28)24-18-14-17(13-16-9-6-10-22-19(16)18)20(26)15-7-4-3-5-8-15/h3-14,24H,2H2,1H3. The van der Waals surface area contributed by atoms with Gasteiger partial charge in [-0.25, -0.2) is 4.98 Å². The molecule has 0 atom stereocenters. The molecule has 7 nitrogen and oxygen atoms in total. The van der Waals surface area contributed by atoms with Gasteiger partial charge in [0.25, 0.3) is 10.0 Å². The minimum atomic E-state index is -3.96. The number of carbonyl (C=O) groups excluding carboxylic acids is 1. The number of ketones is 1. The highest BCUT2D eigenvalue weighted by molar-refractivity contribution is 7.92. The molecule has 146 valence electrons. The van der Waals surface area contributed by atoms with Crippen molar-refractivity contribution in [3.05, 3.63) is 84.3 Å². The number of carbonyl (C=O) groups is 1. The second-order valence-corrected chi connectivity index (χ2v) is 7.97. The van der Waals surface area contributed by atoms with Crippen LogP contribution >= 0.6 is 0 Å². The number of hydrogen-bond acceptors (Lipinski definition) is 5. The van der Waals surface area contributed by atoms with Crippen LogP contribution < -0.4 is 4.72 Å². The first-order chi connectivity index (χ1) is 14.0. The zero-order chi connectivity index (χ0) is 20.4. The van der Waals surface area contributed by atoms with Crippen molar-refractivity contribution < 1.29 is 13.2 Å². The van der Waals surface area contributed by atoms with Crippen LogP contribution in [-0.2, 0) is 16.6 Å². The second-order valence-electron chi connectivity index (χ2n) is 6.40. The molecule has 0 fully saturated rings. The number of fused-ring (bicyclic) bond motifs is 1. The number of hydrogen-bond donors (Lipinski definition) is 1. The molecule has 2 aromatic heterocycles. The van der Waals surface area contributed by atoms with E-state index in [-0.39, 0.29) is 16.6 Å². The predicted octanol–water partition coefficient (Wildman–Crippen LogP) is 3.48. The average molecular weight is 406 g/mol. The highest BCUT2D eigenvalue weighted by Crippen LogP contribution is 2.27. The van der Waals surface area contributed by atoms with Crippen LogP contribution in [0.3, 0.4) is 0 Å². The maximum absolute atomic E-state index is 12.9. The van der Waals surface area contributed by atoms with Gasteiger partial charge >= 0.3 is 0 Å². The molecule has 0 aliphatic carbocycles. The predicted molar refractivity (Wildman–Crippen MR) is 110 cm³/mol. The Hall–Kier alpha value is -3.52. The van der Waals surface area contributed by atoms with Crippen LogP contribution in [0, 0.1) is 0 Å². The van der Waals surface area contributed by atoms with Crippen molar-refractivity contribution in [2.75, 3.05) is 4.72 Å². The number of nitrogens with one attached hydrogen (secondary N) is 1. The third kappa shape index (κ3) is 3.62. The molecule has 0 radical (unpaired) electrons. The highest BCUT2D eigenvalue weighted by atomic mass is 32.2. The summed E-state index contributed by atoms with van der Waals surface area (Å²) in [4.78, 5) is 21.2. The van der Waals surface area contributed by atoms with Crippen molar-refractivity contribution in [3.63, 3.8) is 0 Å². The summed E-state index contributed by atoms with van der Waals surface area (Å²) in [5.74, 6) is -0.202. The molecule has 0 saturated heterocycles. The van der Waals surface area contributed by atoms with E-state index in [4.69, 9.17) is 0 Å². The highest BCUT2D eigenvalue weighted by Gasteiger charge is 2.22. The van der Waals surface area contributed by atoms with E-state index in [2.05, 4.69) is 14.7 Å². The smallest absolute Gasteiger partial charge is 0.295 e. The van der Waals surface area contributed by atoms with E-state index >= 15 is 0 Å². The minimum Gasteiger partial charge on any atom is -0.321 e. The lowest BCUT2D eigenvalue weighted by atomic mass is 10.0. The Balaban J connectivity index is 1.82. The zero-order valence-corrected chi connectivity index (χ0v) is 16.4. The first-order valence-electron chi connectivity index (χ1n) is 9.02. The molecule has 2 heterocycles. The number of pyridine rings is 1. The zero-order valence-electron chi connectivity index (χ0n) is 15.6. The second kappa shape index (κ2) is 7.48. The SMILES string of the molecule is CCn1ccnc1S(=O)(=O)Nc1cc(C(=O)c2ccccc2)cc2cccnc12. The first-order valence-corrected chi connectivity index (χ1v) is 10.5. The normalized spacial score (nSPS) is 11.5. The topological polar surface area (TPSA) is 94.0 Å². The van der Waals surface area contributed by atoms with Crippen LogP contribution in [0.1, 0.15) is 22.8 Å². The number of aromatic nitrogens is 3. The molecule has 4 aromatic rings. The molecular formula is C21H18N4O3S. The van der Waals surface area contributed by atoms with Crippen LogP contribution in [0.4, 0.5) is 5.69 Å². The van der Waals surface area contributed by atoms with E-state index in [9.17, 15) is 13.2 Å². The molecule has 2 aromatic carbocycles. The molecule has 8 heteroatoms. The van der Waals surface area contributed by atoms with Gasteiger partial charge in [0.15, 0.2) is 5.78 Å². The summed E-state index contributed by atoms with van der Waals surface area (Å²) in [6, 6.07) is 15.6. The summed E-state index contributed by atoms with van der Waals surface area (Å²) >= 11 is 0. The Labute approximate surface area is 168 Å². The van der Waals surface area contributed by atoms with Gasteiger partial charge in [0.2, 0.25) is 5.16 Å². The van der Waals surface area contributed by atoms with Crippen LogP contribution in [0.25, 0.3) is 10.9 Å². The fourth-order valence-corrected chi connectivity index (χ4v) is 4.36. The van der Waals surface area contributed by atoms with Gasteiger partial charge in [-0.2, -0.15) is 8.42 Å². The van der Waals surface area contributed by atoms with Crippen LogP contribution in [-0.4, -0.2) is 28.7 Å². The molecule has 1 N–H and O–H groups in total. The first kappa shape index (κ1) is 18.8. The van der Waals surface area contributed by atoms with Crippen molar-refractivity contribution in [2.24, 2.45) is 0 Å². The minimum absolute atomic E-state index is 0.0936. The summed E-state index contributed by atoms with van der Waals surface area (Å²) in [5.41, 5.74) is 1.57. The number of sulfonamides is 1. The summed E-state index contributed by atoms with van der Waals surface area (Å²) < 4.78 is 29.9. The Kier molecular flexibility index (Phi) is 4.85. The molecule has 0 unspecified atom stereocenters. The summed E-state index contributed by atoms with van der Waals surface area (Å²) in [6.07, 6.45) is 4.61. The van der Waals surface area contributed by atoms with Crippen molar-refractivity contribution in [1.82, 2.24) is 14.5 Å². The lowest BCUT2D eigenvalue weighted by molar-refractivity contribution is 0.103. The van der Waals surface area contributed by atoms with Gasteiger partial charge < -0.3 is 4.57 Å². The molecule has 0 aliphatic rings. The maximum atomic E-state index is 12.9. The Morgan fingerprint density at radius 1 is 1.00 bits per heavy atom. The van der Waals surface area contributed by atoms with Crippen molar-refractivity contribution in [3.8, 4) is 0 Å². The molecule has 0 amide bonds. The lowest BCUT2D eigenvalue weighted by Gasteiger charge is -2.12. The van der Waals surface area contributed by atoms with Gasteiger partial charge in [0.1, 0.15) is 0 Å². The summed E-state index contributed by atoms with van der Waals surface area (Å²) in [7, 11) is -3.96. The number of nitrogens with zero attached hydrogens (tertiary/aromatic N) is 3. The summed E-state index contributed by atoms with van der Waals surface area (Å²) in [6.45, 7) is 2.29. The van der Waals surface area contributed by atoms with E-state index < -0.39 is 10.0 Å². The third-order valence-corrected chi connectivity index (χ3v) is 5.81. The van der Waals surface area contributed by atoms with Gasteiger partial charge in [-0.3, -0.25) is 14.5 Å². The fourth-order valence-electron chi connectivity index (χ4n) is 3.13.